The predicted molar refractivity (Wildman–Crippen MR) is 97.9 cm³/mol. The molecule has 0 amide bonds. The van der Waals surface area contributed by atoms with E-state index in [-0.39, 0.29) is 0 Å². The predicted octanol–water partition coefficient (Wildman–Crippen LogP) is 6.19. The highest BCUT2D eigenvalue weighted by atomic mass is 32.1. The van der Waals surface area contributed by atoms with E-state index in [9.17, 15) is 0 Å². The SMILES string of the molecule is CC(C)COc1c2ccsc2c(OCC(C)C)c2ccsc12. The largest absolute Gasteiger partial charge is 0.491 e. The van der Waals surface area contributed by atoms with Crippen LogP contribution in [-0.4, -0.2) is 13.2 Å². The zero-order valence-corrected chi connectivity index (χ0v) is 15.1. The lowest BCUT2D eigenvalue weighted by Gasteiger charge is -2.15. The molecule has 0 fully saturated rings. The quantitative estimate of drug-likeness (QED) is 0.535. The molecule has 0 atom stereocenters. The van der Waals surface area contributed by atoms with E-state index < -0.39 is 0 Å². The van der Waals surface area contributed by atoms with Gasteiger partial charge < -0.3 is 9.47 Å². The zero-order valence-electron chi connectivity index (χ0n) is 13.5. The van der Waals surface area contributed by atoms with Crippen LogP contribution in [0.1, 0.15) is 27.7 Å². The Morgan fingerprint density at radius 1 is 0.773 bits per heavy atom. The number of fused-ring (bicyclic) bond motifs is 2. The van der Waals surface area contributed by atoms with Gasteiger partial charge in [-0.3, -0.25) is 0 Å². The molecule has 0 bridgehead atoms. The Kier molecular flexibility index (Phi) is 4.59. The Morgan fingerprint density at radius 3 is 1.55 bits per heavy atom. The van der Waals surface area contributed by atoms with Crippen molar-refractivity contribution in [3.8, 4) is 11.5 Å². The standard InChI is InChI=1S/C18H22O2S2/c1-11(2)9-19-15-13-5-7-22-18(13)16(20-10-12(3)4)14-6-8-21-17(14)15/h5-8,11-12H,9-10H2,1-4H3. The van der Waals surface area contributed by atoms with Crippen LogP contribution >= 0.6 is 22.7 Å². The maximum Gasteiger partial charge on any atom is 0.146 e. The van der Waals surface area contributed by atoms with E-state index in [0.717, 1.165) is 24.7 Å². The van der Waals surface area contributed by atoms with E-state index in [2.05, 4.69) is 50.6 Å². The van der Waals surface area contributed by atoms with Gasteiger partial charge in [0.1, 0.15) is 11.5 Å². The van der Waals surface area contributed by atoms with Gasteiger partial charge in [-0.05, 0) is 34.7 Å². The molecule has 0 saturated heterocycles. The Labute approximate surface area is 139 Å². The molecule has 0 radical (unpaired) electrons. The Hall–Kier alpha value is -1.26. The minimum atomic E-state index is 0.514. The number of hydrogen-bond acceptors (Lipinski definition) is 4. The average Bonchev–Trinajstić information content (AvgIpc) is 3.10. The van der Waals surface area contributed by atoms with Crippen molar-refractivity contribution in [1.82, 2.24) is 0 Å². The van der Waals surface area contributed by atoms with Gasteiger partial charge in [0.2, 0.25) is 0 Å². The molecule has 0 N–H and O–H groups in total. The average molecular weight is 335 g/mol. The monoisotopic (exact) mass is 334 g/mol. The van der Waals surface area contributed by atoms with E-state index in [1.54, 1.807) is 22.7 Å². The van der Waals surface area contributed by atoms with E-state index >= 15 is 0 Å². The first-order valence-corrected chi connectivity index (χ1v) is 9.49. The fourth-order valence-electron chi connectivity index (χ4n) is 2.36. The summed E-state index contributed by atoms with van der Waals surface area (Å²) in [6.45, 7) is 10.2. The smallest absolute Gasteiger partial charge is 0.146 e. The second-order valence-electron chi connectivity index (χ2n) is 6.39. The molecule has 22 heavy (non-hydrogen) atoms. The summed E-state index contributed by atoms with van der Waals surface area (Å²) in [6.07, 6.45) is 0. The lowest BCUT2D eigenvalue weighted by atomic mass is 10.1. The molecule has 1 aromatic carbocycles. The maximum atomic E-state index is 6.15. The number of hydrogen-bond donors (Lipinski definition) is 0. The molecule has 2 aromatic heterocycles. The van der Waals surface area contributed by atoms with Crippen molar-refractivity contribution in [1.29, 1.82) is 0 Å². The van der Waals surface area contributed by atoms with Crippen molar-refractivity contribution < 1.29 is 9.47 Å². The van der Waals surface area contributed by atoms with Crippen LogP contribution in [0.3, 0.4) is 0 Å². The van der Waals surface area contributed by atoms with Gasteiger partial charge in [0.15, 0.2) is 0 Å². The summed E-state index contributed by atoms with van der Waals surface area (Å²) in [5, 5.41) is 6.61. The number of rotatable bonds is 6. The van der Waals surface area contributed by atoms with Gasteiger partial charge in [-0.15, -0.1) is 22.7 Å². The molecule has 118 valence electrons. The van der Waals surface area contributed by atoms with Crippen LogP contribution in [0.4, 0.5) is 0 Å². The second-order valence-corrected chi connectivity index (χ2v) is 8.23. The lowest BCUT2D eigenvalue weighted by molar-refractivity contribution is 0.273. The lowest BCUT2D eigenvalue weighted by Crippen LogP contribution is -2.06. The normalized spacial score (nSPS) is 11.9. The molecule has 0 unspecified atom stereocenters. The van der Waals surface area contributed by atoms with Crippen LogP contribution in [-0.2, 0) is 0 Å². The summed E-state index contributed by atoms with van der Waals surface area (Å²) in [6, 6.07) is 4.30. The molecule has 0 aliphatic rings. The summed E-state index contributed by atoms with van der Waals surface area (Å²) in [5.41, 5.74) is 0. The summed E-state index contributed by atoms with van der Waals surface area (Å²) < 4.78 is 14.7. The van der Waals surface area contributed by atoms with Crippen molar-refractivity contribution >= 4 is 42.8 Å². The minimum Gasteiger partial charge on any atom is -0.491 e. The van der Waals surface area contributed by atoms with Crippen LogP contribution in [0.25, 0.3) is 20.2 Å². The molecule has 2 heterocycles. The van der Waals surface area contributed by atoms with Crippen LogP contribution in [0.15, 0.2) is 22.9 Å². The van der Waals surface area contributed by atoms with Crippen molar-refractivity contribution in [3.63, 3.8) is 0 Å². The first-order chi connectivity index (χ1) is 10.6. The van der Waals surface area contributed by atoms with Crippen molar-refractivity contribution in [2.75, 3.05) is 13.2 Å². The summed E-state index contributed by atoms with van der Waals surface area (Å²) >= 11 is 3.46. The zero-order chi connectivity index (χ0) is 15.7. The highest BCUT2D eigenvalue weighted by Gasteiger charge is 2.18. The number of thiophene rings is 2. The van der Waals surface area contributed by atoms with Gasteiger partial charge in [-0.2, -0.15) is 0 Å². The molecule has 2 nitrogen and oxygen atoms in total. The van der Waals surface area contributed by atoms with Gasteiger partial charge in [-0.25, -0.2) is 0 Å². The fourth-order valence-corrected chi connectivity index (χ4v) is 4.17. The molecular weight excluding hydrogens is 312 g/mol. The minimum absolute atomic E-state index is 0.514. The molecule has 0 aliphatic heterocycles. The van der Waals surface area contributed by atoms with Gasteiger partial charge >= 0.3 is 0 Å². The van der Waals surface area contributed by atoms with Crippen LogP contribution in [0.5, 0.6) is 11.5 Å². The van der Waals surface area contributed by atoms with Crippen molar-refractivity contribution in [2.45, 2.75) is 27.7 Å². The molecule has 3 aromatic rings. The maximum absolute atomic E-state index is 6.15. The highest BCUT2D eigenvalue weighted by molar-refractivity contribution is 7.19. The molecule has 0 aliphatic carbocycles. The van der Waals surface area contributed by atoms with Gasteiger partial charge in [0.05, 0.1) is 22.6 Å². The van der Waals surface area contributed by atoms with E-state index in [1.165, 1.54) is 20.2 Å². The summed E-state index contributed by atoms with van der Waals surface area (Å²) in [4.78, 5) is 0. The molecule has 0 saturated carbocycles. The third-order valence-electron chi connectivity index (χ3n) is 3.35. The van der Waals surface area contributed by atoms with Crippen LogP contribution < -0.4 is 9.47 Å². The fraction of sp³-hybridized carbons (Fsp3) is 0.444. The van der Waals surface area contributed by atoms with Gasteiger partial charge in [0.25, 0.3) is 0 Å². The summed E-state index contributed by atoms with van der Waals surface area (Å²) in [7, 11) is 0. The second kappa shape index (κ2) is 6.47. The number of benzene rings is 1. The molecular formula is C18H22O2S2. The molecule has 4 heteroatoms. The number of ether oxygens (including phenoxy) is 2. The topological polar surface area (TPSA) is 18.5 Å². The molecule has 0 spiro atoms. The molecule has 3 rings (SSSR count). The van der Waals surface area contributed by atoms with Gasteiger partial charge in [0, 0.05) is 10.8 Å². The Balaban J connectivity index is 2.13. The van der Waals surface area contributed by atoms with Crippen molar-refractivity contribution in [3.05, 3.63) is 22.9 Å². The highest BCUT2D eigenvalue weighted by Crippen LogP contribution is 2.47. The van der Waals surface area contributed by atoms with E-state index in [4.69, 9.17) is 9.47 Å². The van der Waals surface area contributed by atoms with Crippen LogP contribution in [0, 0.1) is 11.8 Å². The summed E-state index contributed by atoms with van der Waals surface area (Å²) in [5.74, 6) is 3.07. The van der Waals surface area contributed by atoms with E-state index in [0.29, 0.717) is 11.8 Å². The van der Waals surface area contributed by atoms with E-state index in [1.807, 2.05) is 0 Å². The third kappa shape index (κ3) is 2.95. The Morgan fingerprint density at radius 2 is 1.18 bits per heavy atom. The van der Waals surface area contributed by atoms with Gasteiger partial charge in [-0.1, -0.05) is 27.7 Å². The third-order valence-corrected chi connectivity index (χ3v) is 5.18. The van der Waals surface area contributed by atoms with Crippen LogP contribution in [0.2, 0.25) is 0 Å². The Bertz CT molecular complexity index is 655. The first kappa shape index (κ1) is 15.6. The first-order valence-electron chi connectivity index (χ1n) is 7.74. The van der Waals surface area contributed by atoms with Crippen molar-refractivity contribution in [2.24, 2.45) is 11.8 Å².